The number of piperidine rings is 1. The van der Waals surface area contributed by atoms with Gasteiger partial charge in [0.05, 0.1) is 6.61 Å². The van der Waals surface area contributed by atoms with Crippen molar-refractivity contribution in [3.05, 3.63) is 72.4 Å². The van der Waals surface area contributed by atoms with Gasteiger partial charge in [0.1, 0.15) is 0 Å². The van der Waals surface area contributed by atoms with Gasteiger partial charge in [-0.2, -0.15) is 0 Å². The number of benzene rings is 2. The molecular formula is C30H41NO3Si. The van der Waals surface area contributed by atoms with Gasteiger partial charge < -0.3 is 14.5 Å². The highest BCUT2D eigenvalue weighted by Gasteiger charge is 2.52. The summed E-state index contributed by atoms with van der Waals surface area (Å²) in [7, 11) is -2.57. The molecule has 0 radical (unpaired) electrons. The highest BCUT2D eigenvalue weighted by atomic mass is 28.4. The topological polar surface area (TPSA) is 47.6 Å². The molecule has 35 heavy (non-hydrogen) atoms. The predicted molar refractivity (Wildman–Crippen MR) is 145 cm³/mol. The molecule has 5 heteroatoms. The van der Waals surface area contributed by atoms with Crippen LogP contribution in [-0.2, 0) is 14.0 Å². The second-order valence-electron chi connectivity index (χ2n) is 11.1. The van der Waals surface area contributed by atoms with Crippen molar-refractivity contribution in [1.82, 2.24) is 5.32 Å². The van der Waals surface area contributed by atoms with Crippen LogP contribution in [-0.4, -0.2) is 33.0 Å². The molecule has 1 heterocycles. The number of carbonyl (C=O) groups excluding carboxylic acids is 1. The highest BCUT2D eigenvalue weighted by Crippen LogP contribution is 2.45. The number of allylic oxidation sites excluding steroid dienone is 1. The third kappa shape index (κ3) is 5.26. The minimum absolute atomic E-state index is 0.00196. The zero-order valence-electron chi connectivity index (χ0n) is 21.8. The second-order valence-corrected chi connectivity index (χ2v) is 15.4. The van der Waals surface area contributed by atoms with Crippen LogP contribution < -0.4 is 15.7 Å². The number of nitrogens with one attached hydrogen (secondary N) is 1. The third-order valence-electron chi connectivity index (χ3n) is 7.93. The molecule has 2 aromatic rings. The van der Waals surface area contributed by atoms with E-state index in [4.69, 9.17) is 9.16 Å². The van der Waals surface area contributed by atoms with E-state index in [9.17, 15) is 4.79 Å². The number of ether oxygens (including phenoxy) is 1. The Morgan fingerprint density at radius 1 is 1.03 bits per heavy atom. The van der Waals surface area contributed by atoms with Crippen molar-refractivity contribution in [1.29, 1.82) is 0 Å². The van der Waals surface area contributed by atoms with Crippen molar-refractivity contribution >= 4 is 24.7 Å². The molecule has 2 atom stereocenters. The Kier molecular flexibility index (Phi) is 7.87. The summed E-state index contributed by atoms with van der Waals surface area (Å²) in [6.45, 7) is 9.99. The Morgan fingerprint density at radius 2 is 1.63 bits per heavy atom. The Morgan fingerprint density at radius 3 is 2.20 bits per heavy atom. The molecule has 0 bridgehead atoms. The van der Waals surface area contributed by atoms with Crippen LogP contribution in [0.2, 0.25) is 5.04 Å². The fraction of sp³-hybridized carbons (Fsp3) is 0.500. The molecule has 4 nitrogen and oxygen atoms in total. The molecule has 4 rings (SSSR count). The maximum Gasteiger partial charge on any atom is 0.332 e. The van der Waals surface area contributed by atoms with Gasteiger partial charge in [0.15, 0.2) is 0 Å². The number of carbonyl (C=O) groups is 1. The Balaban J connectivity index is 1.64. The predicted octanol–water partition coefficient (Wildman–Crippen LogP) is 5.32. The lowest BCUT2D eigenvalue weighted by atomic mass is 9.79. The van der Waals surface area contributed by atoms with Crippen molar-refractivity contribution in [3.8, 4) is 0 Å². The molecule has 2 fully saturated rings. The van der Waals surface area contributed by atoms with Gasteiger partial charge in [-0.05, 0) is 54.4 Å². The minimum atomic E-state index is -2.57. The van der Waals surface area contributed by atoms with Crippen LogP contribution in [0.1, 0.15) is 66.2 Å². The minimum Gasteiger partial charge on any atom is -0.463 e. The lowest BCUT2D eigenvalue weighted by Gasteiger charge is -2.46. The first-order chi connectivity index (χ1) is 16.8. The average Bonchev–Trinajstić information content (AvgIpc) is 3.21. The van der Waals surface area contributed by atoms with Crippen LogP contribution in [0, 0.1) is 5.92 Å². The van der Waals surface area contributed by atoms with Crippen LogP contribution in [0.4, 0.5) is 0 Å². The van der Waals surface area contributed by atoms with E-state index in [0.717, 1.165) is 44.4 Å². The Bertz CT molecular complexity index is 975. The number of hydrogen-bond donors (Lipinski definition) is 1. The van der Waals surface area contributed by atoms with Crippen LogP contribution in [0.25, 0.3) is 0 Å². The second kappa shape index (κ2) is 10.7. The van der Waals surface area contributed by atoms with Gasteiger partial charge in [-0.3, -0.25) is 0 Å². The van der Waals surface area contributed by atoms with Crippen molar-refractivity contribution < 1.29 is 14.0 Å². The van der Waals surface area contributed by atoms with Gasteiger partial charge in [-0.1, -0.05) is 87.9 Å². The largest absolute Gasteiger partial charge is 0.463 e. The molecule has 1 aliphatic carbocycles. The fourth-order valence-corrected chi connectivity index (χ4v) is 10.9. The molecule has 0 amide bonds. The number of esters is 1. The van der Waals surface area contributed by atoms with Crippen molar-refractivity contribution in [3.63, 3.8) is 0 Å². The van der Waals surface area contributed by atoms with Crippen LogP contribution in [0.3, 0.4) is 0 Å². The summed E-state index contributed by atoms with van der Waals surface area (Å²) in [6, 6.07) is 21.8. The monoisotopic (exact) mass is 491 g/mol. The summed E-state index contributed by atoms with van der Waals surface area (Å²) in [5.74, 6) is 0.167. The van der Waals surface area contributed by atoms with Crippen molar-refractivity contribution in [2.24, 2.45) is 5.92 Å². The van der Waals surface area contributed by atoms with Gasteiger partial charge >= 0.3 is 5.97 Å². The molecule has 2 aromatic carbocycles. The average molecular weight is 492 g/mol. The van der Waals surface area contributed by atoms with Crippen LogP contribution in [0.5, 0.6) is 0 Å². The van der Waals surface area contributed by atoms with E-state index in [1.807, 2.05) is 6.92 Å². The summed E-state index contributed by atoms with van der Waals surface area (Å²) >= 11 is 0. The smallest absolute Gasteiger partial charge is 0.332 e. The molecule has 0 unspecified atom stereocenters. The molecule has 1 saturated carbocycles. The van der Waals surface area contributed by atoms with Gasteiger partial charge in [-0.25, -0.2) is 4.79 Å². The van der Waals surface area contributed by atoms with E-state index in [1.165, 1.54) is 16.8 Å². The number of hydrogen-bond acceptors (Lipinski definition) is 4. The summed E-state index contributed by atoms with van der Waals surface area (Å²) in [5.41, 5.74) is 1.02. The first kappa shape index (κ1) is 25.7. The van der Waals surface area contributed by atoms with Gasteiger partial charge in [0.2, 0.25) is 0 Å². The standard InChI is InChI=1S/C30H41NO3Si/c1-5-33-28(32)22-25-15-13-21-30(31-25)20-12-14-24(30)23-34-35(29(2,3)4,26-16-8-6-9-17-26)27-18-10-7-11-19-27/h6-11,16-19,22,24,31H,5,12-15,20-21,23H2,1-4H3/t24-,30+/m1/s1. The normalized spacial score (nSPS) is 23.9. The van der Waals surface area contributed by atoms with Crippen molar-refractivity contribution in [2.75, 3.05) is 13.2 Å². The molecule has 2 aliphatic rings. The van der Waals surface area contributed by atoms with Crippen molar-refractivity contribution in [2.45, 2.75) is 76.8 Å². The van der Waals surface area contributed by atoms with E-state index in [1.54, 1.807) is 6.08 Å². The first-order valence-electron chi connectivity index (χ1n) is 13.2. The zero-order valence-corrected chi connectivity index (χ0v) is 22.8. The maximum absolute atomic E-state index is 12.1. The first-order valence-corrected chi connectivity index (χ1v) is 15.1. The molecule has 1 aliphatic heterocycles. The molecule has 0 aromatic heterocycles. The molecule has 1 N–H and O–H groups in total. The summed E-state index contributed by atoms with van der Waals surface area (Å²) in [5, 5.41) is 6.44. The maximum atomic E-state index is 12.1. The highest BCUT2D eigenvalue weighted by molar-refractivity contribution is 6.99. The van der Waals surface area contributed by atoms with Crippen LogP contribution >= 0.6 is 0 Å². The summed E-state index contributed by atoms with van der Waals surface area (Å²) < 4.78 is 12.5. The van der Waals surface area contributed by atoms with E-state index < -0.39 is 8.32 Å². The third-order valence-corrected chi connectivity index (χ3v) is 12.9. The van der Waals surface area contributed by atoms with Gasteiger partial charge in [-0.15, -0.1) is 0 Å². The van der Waals surface area contributed by atoms with Gasteiger partial charge in [0.25, 0.3) is 8.32 Å². The Labute approximate surface area is 212 Å². The lowest BCUT2D eigenvalue weighted by Crippen LogP contribution is -2.67. The lowest BCUT2D eigenvalue weighted by molar-refractivity contribution is -0.137. The molecular weight excluding hydrogens is 450 g/mol. The van der Waals surface area contributed by atoms with E-state index in [0.29, 0.717) is 12.5 Å². The van der Waals surface area contributed by atoms with E-state index in [2.05, 4.69) is 86.8 Å². The SMILES string of the molecule is CCOC(=O)C=C1CCC[C@]2(CCC[C@@H]2CO[Si](c2ccccc2)(c2ccccc2)C(C)(C)C)N1. The summed E-state index contributed by atoms with van der Waals surface area (Å²) in [6.07, 6.45) is 8.26. The van der Waals surface area contributed by atoms with E-state index in [-0.39, 0.29) is 16.5 Å². The van der Waals surface area contributed by atoms with Crippen LogP contribution in [0.15, 0.2) is 72.4 Å². The molecule has 1 saturated heterocycles. The Hall–Kier alpha value is -2.37. The van der Waals surface area contributed by atoms with E-state index >= 15 is 0 Å². The molecule has 188 valence electrons. The molecule has 1 spiro atoms. The summed E-state index contributed by atoms with van der Waals surface area (Å²) in [4.78, 5) is 12.1. The quantitative estimate of drug-likeness (QED) is 0.323. The zero-order chi connectivity index (χ0) is 24.9. The number of rotatable bonds is 7. The van der Waals surface area contributed by atoms with Gasteiger partial charge in [0, 0.05) is 29.8 Å². The fourth-order valence-electron chi connectivity index (χ4n) is 6.34.